The molecule has 0 aliphatic heterocycles. The number of nitrogen functional groups attached to an aromatic ring is 1. The average Bonchev–Trinajstić information content (AvgIpc) is 2.95. The Morgan fingerprint density at radius 1 is 1.58 bits per heavy atom. The molecule has 0 fully saturated rings. The fourth-order valence-electron chi connectivity index (χ4n) is 1.61. The molecule has 1 atom stereocenters. The second-order valence-corrected chi connectivity index (χ2v) is 4.98. The Morgan fingerprint density at radius 3 is 2.84 bits per heavy atom. The van der Waals surface area contributed by atoms with Crippen molar-refractivity contribution < 1.29 is 4.79 Å². The van der Waals surface area contributed by atoms with Crippen molar-refractivity contribution in [3.63, 3.8) is 0 Å². The molecule has 2 aromatic heterocycles. The summed E-state index contributed by atoms with van der Waals surface area (Å²) in [6, 6.07) is -0.264. The van der Waals surface area contributed by atoms with Crippen LogP contribution >= 0.6 is 11.3 Å². The lowest BCUT2D eigenvalue weighted by atomic mass is 10.3. The zero-order valence-corrected chi connectivity index (χ0v) is 11.7. The maximum Gasteiger partial charge on any atom is 0.265 e. The molecular weight excluding hydrogens is 266 g/mol. The number of aryl methyl sites for hydroxylation is 1. The summed E-state index contributed by atoms with van der Waals surface area (Å²) in [5, 5.41) is 14.0. The molecule has 0 saturated heterocycles. The van der Waals surface area contributed by atoms with Gasteiger partial charge in [-0.3, -0.25) is 4.79 Å². The van der Waals surface area contributed by atoms with E-state index in [2.05, 4.69) is 25.8 Å². The Bertz CT molecular complexity index is 590. The number of carbonyl (C=O) groups excluding carboxylic acids is 1. The minimum Gasteiger partial charge on any atom is -0.382 e. The van der Waals surface area contributed by atoms with Crippen LogP contribution in [-0.2, 0) is 7.05 Å². The number of amides is 1. The van der Waals surface area contributed by atoms with Crippen LogP contribution in [0.5, 0.6) is 0 Å². The van der Waals surface area contributed by atoms with Crippen LogP contribution in [0.4, 0.5) is 10.9 Å². The Hall–Kier alpha value is -2.16. The van der Waals surface area contributed by atoms with Gasteiger partial charge in [0.2, 0.25) is 0 Å². The normalized spacial score (nSPS) is 12.2. The summed E-state index contributed by atoms with van der Waals surface area (Å²) < 4.78 is 1.75. The van der Waals surface area contributed by atoms with Gasteiger partial charge in [0.1, 0.15) is 17.0 Å². The van der Waals surface area contributed by atoms with Crippen molar-refractivity contribution in [2.45, 2.75) is 13.0 Å². The molecule has 0 radical (unpaired) electrons. The Labute approximate surface area is 114 Å². The molecule has 1 unspecified atom stereocenters. The van der Waals surface area contributed by atoms with Crippen LogP contribution in [0.3, 0.4) is 0 Å². The van der Waals surface area contributed by atoms with E-state index in [1.54, 1.807) is 17.9 Å². The van der Waals surface area contributed by atoms with E-state index < -0.39 is 0 Å². The summed E-state index contributed by atoms with van der Waals surface area (Å²) in [6.45, 7) is 1.83. The van der Waals surface area contributed by atoms with E-state index in [-0.39, 0.29) is 17.8 Å². The summed E-state index contributed by atoms with van der Waals surface area (Å²) >= 11 is 1.21. The number of carbonyl (C=O) groups is 1. The molecule has 0 aromatic carbocycles. The fourth-order valence-corrected chi connectivity index (χ4v) is 2.35. The Balaban J connectivity index is 2.12. The van der Waals surface area contributed by atoms with Gasteiger partial charge >= 0.3 is 0 Å². The van der Waals surface area contributed by atoms with Crippen molar-refractivity contribution in [3.8, 4) is 0 Å². The molecule has 2 rings (SSSR count). The van der Waals surface area contributed by atoms with E-state index in [1.165, 1.54) is 11.3 Å². The highest BCUT2D eigenvalue weighted by molar-refractivity contribution is 7.18. The second-order valence-electron chi connectivity index (χ2n) is 3.98. The molecule has 19 heavy (non-hydrogen) atoms. The van der Waals surface area contributed by atoms with E-state index in [0.29, 0.717) is 15.8 Å². The Kier molecular flexibility index (Phi) is 3.65. The first-order chi connectivity index (χ1) is 9.02. The van der Waals surface area contributed by atoms with Crippen molar-refractivity contribution in [1.82, 2.24) is 25.1 Å². The van der Waals surface area contributed by atoms with Gasteiger partial charge in [0, 0.05) is 14.1 Å². The monoisotopic (exact) mass is 281 g/mol. The average molecular weight is 281 g/mol. The molecule has 8 nitrogen and oxygen atoms in total. The van der Waals surface area contributed by atoms with Crippen molar-refractivity contribution in [1.29, 1.82) is 0 Å². The SMILES string of the molecule is CNc1nc(N)c(C(=O)NC(C)c2nncn2C)s1. The van der Waals surface area contributed by atoms with Crippen molar-refractivity contribution in [2.75, 3.05) is 18.1 Å². The van der Waals surface area contributed by atoms with Crippen LogP contribution in [0.15, 0.2) is 6.33 Å². The minimum absolute atomic E-state index is 0.219. The quantitative estimate of drug-likeness (QED) is 0.747. The van der Waals surface area contributed by atoms with Gasteiger partial charge in [-0.15, -0.1) is 10.2 Å². The summed E-state index contributed by atoms with van der Waals surface area (Å²) in [5.41, 5.74) is 5.71. The van der Waals surface area contributed by atoms with Gasteiger partial charge < -0.3 is 20.9 Å². The lowest BCUT2D eigenvalue weighted by molar-refractivity contribution is 0.0942. The summed E-state index contributed by atoms with van der Waals surface area (Å²) in [5.74, 6) is 0.620. The molecule has 0 bridgehead atoms. The number of anilines is 2. The highest BCUT2D eigenvalue weighted by Gasteiger charge is 2.20. The highest BCUT2D eigenvalue weighted by Crippen LogP contribution is 2.24. The first-order valence-corrected chi connectivity index (χ1v) is 6.43. The molecule has 1 amide bonds. The molecule has 0 saturated carbocycles. The van der Waals surface area contributed by atoms with E-state index in [9.17, 15) is 4.79 Å². The molecule has 2 heterocycles. The molecule has 102 valence electrons. The zero-order chi connectivity index (χ0) is 14.0. The summed E-state index contributed by atoms with van der Waals surface area (Å²) in [6.07, 6.45) is 1.58. The maximum absolute atomic E-state index is 12.1. The minimum atomic E-state index is -0.271. The number of nitrogens with two attached hydrogens (primary N) is 1. The van der Waals surface area contributed by atoms with Crippen molar-refractivity contribution in [3.05, 3.63) is 17.0 Å². The van der Waals surface area contributed by atoms with Gasteiger partial charge in [0.25, 0.3) is 5.91 Å². The van der Waals surface area contributed by atoms with E-state index in [1.807, 2.05) is 14.0 Å². The fraction of sp³-hybridized carbons (Fsp3) is 0.400. The van der Waals surface area contributed by atoms with Gasteiger partial charge in [0.15, 0.2) is 11.0 Å². The lowest BCUT2D eigenvalue weighted by Gasteiger charge is -2.12. The smallest absolute Gasteiger partial charge is 0.265 e. The topological polar surface area (TPSA) is 111 Å². The first-order valence-electron chi connectivity index (χ1n) is 5.61. The predicted molar refractivity (Wildman–Crippen MR) is 73.0 cm³/mol. The van der Waals surface area contributed by atoms with Gasteiger partial charge in [-0.2, -0.15) is 0 Å². The molecule has 0 aliphatic carbocycles. The number of thiazole rings is 1. The van der Waals surface area contributed by atoms with Gasteiger partial charge in [-0.1, -0.05) is 11.3 Å². The van der Waals surface area contributed by atoms with Crippen molar-refractivity contribution in [2.24, 2.45) is 7.05 Å². The Morgan fingerprint density at radius 2 is 2.32 bits per heavy atom. The third kappa shape index (κ3) is 2.65. The highest BCUT2D eigenvalue weighted by atomic mass is 32.1. The van der Waals surface area contributed by atoms with Crippen LogP contribution in [0, 0.1) is 0 Å². The van der Waals surface area contributed by atoms with E-state index in [4.69, 9.17) is 5.73 Å². The standard InChI is InChI=1S/C10H15N7OS/c1-5(8-16-13-4-17(8)3)14-9(18)6-7(11)15-10(12-2)19-6/h4-5H,11H2,1-3H3,(H,12,15)(H,14,18). The third-order valence-corrected chi connectivity index (χ3v) is 3.64. The third-order valence-electron chi connectivity index (χ3n) is 2.55. The van der Waals surface area contributed by atoms with E-state index >= 15 is 0 Å². The molecule has 0 aliphatic rings. The van der Waals surface area contributed by atoms with E-state index in [0.717, 1.165) is 0 Å². The van der Waals surface area contributed by atoms with Crippen LogP contribution in [0.2, 0.25) is 0 Å². The van der Waals surface area contributed by atoms with Crippen LogP contribution in [0.25, 0.3) is 0 Å². The second kappa shape index (κ2) is 5.22. The number of rotatable bonds is 4. The van der Waals surface area contributed by atoms with Crippen LogP contribution < -0.4 is 16.4 Å². The van der Waals surface area contributed by atoms with Crippen molar-refractivity contribution >= 4 is 28.2 Å². The molecule has 4 N–H and O–H groups in total. The number of hydrogen-bond donors (Lipinski definition) is 3. The zero-order valence-electron chi connectivity index (χ0n) is 10.8. The predicted octanol–water partition coefficient (Wildman–Crippen LogP) is 0.386. The number of hydrogen-bond acceptors (Lipinski definition) is 7. The van der Waals surface area contributed by atoms with Gasteiger partial charge in [-0.25, -0.2) is 4.98 Å². The maximum atomic E-state index is 12.1. The molecular formula is C10H15N7OS. The molecule has 0 spiro atoms. The molecule has 9 heteroatoms. The van der Waals surface area contributed by atoms with Gasteiger partial charge in [0.05, 0.1) is 6.04 Å². The van der Waals surface area contributed by atoms with Crippen LogP contribution in [-0.4, -0.2) is 32.7 Å². The number of aromatic nitrogens is 4. The molecule has 2 aromatic rings. The largest absolute Gasteiger partial charge is 0.382 e. The summed E-state index contributed by atoms with van der Waals surface area (Å²) in [7, 11) is 3.54. The summed E-state index contributed by atoms with van der Waals surface area (Å²) in [4.78, 5) is 16.5. The number of nitrogens with one attached hydrogen (secondary N) is 2. The number of nitrogens with zero attached hydrogens (tertiary/aromatic N) is 4. The van der Waals surface area contributed by atoms with Gasteiger partial charge in [-0.05, 0) is 6.92 Å². The lowest BCUT2D eigenvalue weighted by Crippen LogP contribution is -2.28. The first kappa shape index (κ1) is 13.3. The van der Waals surface area contributed by atoms with Crippen LogP contribution in [0.1, 0.15) is 28.5 Å².